The Morgan fingerprint density at radius 2 is 2.00 bits per heavy atom. The summed E-state index contributed by atoms with van der Waals surface area (Å²) in [5.74, 6) is 1.46. The number of rotatable bonds is 9. The van der Waals surface area contributed by atoms with E-state index in [4.69, 9.17) is 4.74 Å². The van der Waals surface area contributed by atoms with Gasteiger partial charge in [-0.05, 0) is 19.1 Å². The van der Waals surface area contributed by atoms with Crippen LogP contribution in [0.3, 0.4) is 0 Å². The Morgan fingerprint density at radius 1 is 1.22 bits per heavy atom. The minimum atomic E-state index is -4.39. The molecular weight excluding hydrogens is 377 g/mol. The molecule has 0 amide bonds. The first-order valence-corrected chi connectivity index (χ1v) is 9.58. The van der Waals surface area contributed by atoms with Crippen molar-refractivity contribution in [1.82, 2.24) is 15.6 Å². The van der Waals surface area contributed by atoms with E-state index in [2.05, 4.69) is 20.6 Å². The van der Waals surface area contributed by atoms with E-state index in [1.807, 2.05) is 37.3 Å². The van der Waals surface area contributed by atoms with E-state index in [0.717, 1.165) is 28.9 Å². The molecule has 0 aliphatic carbocycles. The zero-order valence-corrected chi connectivity index (χ0v) is 15.9. The minimum Gasteiger partial charge on any atom is -0.494 e. The summed E-state index contributed by atoms with van der Waals surface area (Å²) >= 11 is 1.02. The summed E-state index contributed by atoms with van der Waals surface area (Å²) in [5, 5.41) is 7.71. The zero-order valence-electron chi connectivity index (χ0n) is 15.1. The highest BCUT2D eigenvalue weighted by Gasteiger charge is 2.33. The monoisotopic (exact) mass is 400 g/mol. The van der Waals surface area contributed by atoms with Gasteiger partial charge in [0.1, 0.15) is 5.75 Å². The molecule has 0 atom stereocenters. The van der Waals surface area contributed by atoms with Crippen LogP contribution in [0.25, 0.3) is 0 Å². The normalized spacial score (nSPS) is 12.1. The molecular formula is C18H23F3N4OS. The summed E-state index contributed by atoms with van der Waals surface area (Å²) in [4.78, 5) is 8.05. The summed E-state index contributed by atoms with van der Waals surface area (Å²) in [6, 6.07) is 9.57. The third-order valence-corrected chi connectivity index (χ3v) is 4.31. The number of aliphatic imine (C=N–C) groups is 1. The summed E-state index contributed by atoms with van der Waals surface area (Å²) in [6.45, 7) is 4.25. The summed E-state index contributed by atoms with van der Waals surface area (Å²) in [5.41, 5.74) is -0.832. The van der Waals surface area contributed by atoms with E-state index >= 15 is 0 Å². The van der Waals surface area contributed by atoms with Crippen LogP contribution in [0.5, 0.6) is 5.75 Å². The van der Waals surface area contributed by atoms with Crippen LogP contribution in [-0.4, -0.2) is 37.2 Å². The molecule has 27 heavy (non-hydrogen) atoms. The Labute approximate surface area is 160 Å². The van der Waals surface area contributed by atoms with Gasteiger partial charge >= 0.3 is 6.18 Å². The van der Waals surface area contributed by atoms with Crippen LogP contribution in [0.15, 0.2) is 40.7 Å². The van der Waals surface area contributed by atoms with Gasteiger partial charge in [0.2, 0.25) is 0 Å². The number of halogens is 3. The van der Waals surface area contributed by atoms with Crippen molar-refractivity contribution < 1.29 is 17.9 Å². The van der Waals surface area contributed by atoms with E-state index in [9.17, 15) is 13.2 Å². The van der Waals surface area contributed by atoms with Crippen LogP contribution in [0.1, 0.15) is 24.0 Å². The average molecular weight is 400 g/mol. The van der Waals surface area contributed by atoms with Gasteiger partial charge < -0.3 is 15.4 Å². The number of hydrogen-bond acceptors (Lipinski definition) is 4. The molecule has 1 aromatic heterocycles. The molecule has 0 unspecified atom stereocenters. The lowest BCUT2D eigenvalue weighted by Crippen LogP contribution is -2.38. The molecule has 5 nitrogen and oxygen atoms in total. The fraction of sp³-hybridized carbons (Fsp3) is 0.444. The number of alkyl halides is 3. The van der Waals surface area contributed by atoms with Crippen LogP contribution < -0.4 is 15.4 Å². The van der Waals surface area contributed by atoms with Gasteiger partial charge in [-0.3, -0.25) is 4.99 Å². The van der Waals surface area contributed by atoms with E-state index < -0.39 is 11.9 Å². The number of hydrogen-bond donors (Lipinski definition) is 2. The molecule has 0 aliphatic heterocycles. The highest BCUT2D eigenvalue weighted by atomic mass is 32.1. The highest BCUT2D eigenvalue weighted by Crippen LogP contribution is 2.29. The standard InChI is InChI=1S/C18H23F3N4OS/c1-2-22-17(23-10-6-12-26-14-7-4-3-5-8-14)24-11-9-16-25-15(13-27-16)18(19,20)21/h3-5,7-8,13H,2,6,9-12H2,1H3,(H2,22,23,24). The van der Waals surface area contributed by atoms with E-state index in [1.165, 1.54) is 0 Å². The smallest absolute Gasteiger partial charge is 0.434 e. The Hall–Kier alpha value is -2.29. The molecule has 0 aliphatic rings. The van der Waals surface area contributed by atoms with Crippen molar-refractivity contribution in [2.45, 2.75) is 25.9 Å². The number of aromatic nitrogens is 1. The SMILES string of the molecule is CCNC(=NCCCOc1ccccc1)NCCc1nc(C(F)(F)F)cs1. The third kappa shape index (κ3) is 7.86. The first kappa shape index (κ1) is 21.0. The number of ether oxygens (including phenoxy) is 1. The van der Waals surface area contributed by atoms with Crippen LogP contribution >= 0.6 is 11.3 Å². The average Bonchev–Trinajstić information content (AvgIpc) is 3.11. The van der Waals surface area contributed by atoms with Crippen LogP contribution in [0.2, 0.25) is 0 Å². The molecule has 1 aromatic carbocycles. The lowest BCUT2D eigenvalue weighted by atomic mass is 10.3. The molecule has 0 fully saturated rings. The van der Waals surface area contributed by atoms with Crippen molar-refractivity contribution in [3.8, 4) is 5.75 Å². The highest BCUT2D eigenvalue weighted by molar-refractivity contribution is 7.09. The second kappa shape index (κ2) is 10.8. The van der Waals surface area contributed by atoms with E-state index in [0.29, 0.717) is 43.6 Å². The molecule has 0 saturated carbocycles. The lowest BCUT2D eigenvalue weighted by Gasteiger charge is -2.11. The van der Waals surface area contributed by atoms with Gasteiger partial charge in [-0.1, -0.05) is 18.2 Å². The fourth-order valence-corrected chi connectivity index (χ4v) is 2.95. The van der Waals surface area contributed by atoms with Gasteiger partial charge in [-0.2, -0.15) is 13.2 Å². The molecule has 9 heteroatoms. The first-order chi connectivity index (χ1) is 13.0. The molecule has 2 aromatic rings. The van der Waals surface area contributed by atoms with Crippen molar-refractivity contribution in [2.24, 2.45) is 4.99 Å². The molecule has 0 saturated heterocycles. The predicted octanol–water partition coefficient (Wildman–Crippen LogP) is 3.73. The molecule has 2 N–H and O–H groups in total. The van der Waals surface area contributed by atoms with Gasteiger partial charge in [0, 0.05) is 37.9 Å². The Kier molecular flexibility index (Phi) is 8.38. The predicted molar refractivity (Wildman–Crippen MR) is 101 cm³/mol. The first-order valence-electron chi connectivity index (χ1n) is 8.70. The summed E-state index contributed by atoms with van der Waals surface area (Å²) in [6.07, 6.45) is -3.23. The van der Waals surface area contributed by atoms with Crippen LogP contribution in [-0.2, 0) is 12.6 Å². The van der Waals surface area contributed by atoms with Gasteiger partial charge in [0.25, 0.3) is 0 Å². The molecule has 2 rings (SSSR count). The summed E-state index contributed by atoms with van der Waals surface area (Å²) < 4.78 is 43.3. The van der Waals surface area contributed by atoms with Gasteiger partial charge in [0.15, 0.2) is 11.7 Å². The largest absolute Gasteiger partial charge is 0.494 e. The third-order valence-electron chi connectivity index (χ3n) is 3.40. The zero-order chi connectivity index (χ0) is 19.5. The number of guanidine groups is 1. The van der Waals surface area contributed by atoms with E-state index in [1.54, 1.807) is 0 Å². The van der Waals surface area contributed by atoms with Crippen molar-refractivity contribution in [2.75, 3.05) is 26.2 Å². The maximum absolute atomic E-state index is 12.6. The fourth-order valence-electron chi connectivity index (χ4n) is 2.15. The minimum absolute atomic E-state index is 0.405. The molecule has 0 spiro atoms. The quantitative estimate of drug-likeness (QED) is 0.383. The summed E-state index contributed by atoms with van der Waals surface area (Å²) in [7, 11) is 0. The number of para-hydroxylation sites is 1. The van der Waals surface area contributed by atoms with Crippen molar-refractivity contribution in [3.05, 3.63) is 46.4 Å². The van der Waals surface area contributed by atoms with Crippen molar-refractivity contribution >= 4 is 17.3 Å². The second-order valence-corrected chi connectivity index (χ2v) is 6.52. The second-order valence-electron chi connectivity index (χ2n) is 5.58. The number of nitrogens with one attached hydrogen (secondary N) is 2. The van der Waals surface area contributed by atoms with Gasteiger partial charge in [-0.25, -0.2) is 4.98 Å². The number of thiazole rings is 1. The molecule has 0 radical (unpaired) electrons. The lowest BCUT2D eigenvalue weighted by molar-refractivity contribution is -0.140. The van der Waals surface area contributed by atoms with Gasteiger partial charge in [-0.15, -0.1) is 11.3 Å². The van der Waals surface area contributed by atoms with Crippen LogP contribution in [0, 0.1) is 0 Å². The topological polar surface area (TPSA) is 58.5 Å². The van der Waals surface area contributed by atoms with Gasteiger partial charge in [0.05, 0.1) is 11.6 Å². The molecule has 148 valence electrons. The Bertz CT molecular complexity index is 704. The molecule has 0 bridgehead atoms. The van der Waals surface area contributed by atoms with Crippen molar-refractivity contribution in [1.29, 1.82) is 0 Å². The number of nitrogens with zero attached hydrogens (tertiary/aromatic N) is 2. The Morgan fingerprint density at radius 3 is 2.67 bits per heavy atom. The number of benzene rings is 1. The maximum Gasteiger partial charge on any atom is 0.434 e. The van der Waals surface area contributed by atoms with E-state index in [-0.39, 0.29) is 0 Å². The Balaban J connectivity index is 1.70. The van der Waals surface area contributed by atoms with Crippen molar-refractivity contribution in [3.63, 3.8) is 0 Å². The maximum atomic E-state index is 12.6. The van der Waals surface area contributed by atoms with Crippen LogP contribution in [0.4, 0.5) is 13.2 Å². The molecule has 1 heterocycles.